The molecule has 0 saturated carbocycles. The Kier molecular flexibility index (Phi) is 2.50. The molecule has 1 aromatic heterocycles. The Hall–Kier alpha value is -1.26. The lowest BCUT2D eigenvalue weighted by molar-refractivity contribution is 0.887. The first-order valence-electron chi connectivity index (χ1n) is 6.26. The van der Waals surface area contributed by atoms with Crippen LogP contribution in [0.1, 0.15) is 12.7 Å². The highest BCUT2D eigenvalue weighted by molar-refractivity contribution is 9.10. The topological polar surface area (TPSA) is 17.8 Å². The van der Waals surface area contributed by atoms with Gasteiger partial charge in [0.1, 0.15) is 5.82 Å². The van der Waals surface area contributed by atoms with Crippen molar-refractivity contribution in [2.45, 2.75) is 23.1 Å². The van der Waals surface area contributed by atoms with Crippen LogP contribution < -0.4 is 0 Å². The molecule has 0 aliphatic carbocycles. The summed E-state index contributed by atoms with van der Waals surface area (Å²) in [6.07, 6.45) is 0.939. The molecular weight excluding hydrogens is 320 g/mol. The molecule has 0 radical (unpaired) electrons. The molecule has 0 atom stereocenters. The average Bonchev–Trinajstić information content (AvgIpc) is 2.79. The van der Waals surface area contributed by atoms with Crippen LogP contribution in [0.5, 0.6) is 0 Å². The van der Waals surface area contributed by atoms with E-state index in [9.17, 15) is 0 Å². The van der Waals surface area contributed by atoms with Gasteiger partial charge in [0.15, 0.2) is 0 Å². The monoisotopic (exact) mass is 330 g/mol. The summed E-state index contributed by atoms with van der Waals surface area (Å²) in [7, 11) is 0. The lowest BCUT2D eigenvalue weighted by Gasteiger charge is -2.20. The van der Waals surface area contributed by atoms with Crippen molar-refractivity contribution in [1.82, 2.24) is 9.55 Å². The van der Waals surface area contributed by atoms with Gasteiger partial charge >= 0.3 is 0 Å². The average molecular weight is 331 g/mol. The summed E-state index contributed by atoms with van der Waals surface area (Å²) < 4.78 is 3.43. The van der Waals surface area contributed by atoms with E-state index >= 15 is 0 Å². The lowest BCUT2D eigenvalue weighted by Crippen LogP contribution is -2.05. The molecule has 0 saturated heterocycles. The molecule has 2 aromatic carbocycles. The molecule has 4 heteroatoms. The van der Waals surface area contributed by atoms with Crippen LogP contribution in [0.25, 0.3) is 16.7 Å². The van der Waals surface area contributed by atoms with E-state index < -0.39 is 0 Å². The van der Waals surface area contributed by atoms with Gasteiger partial charge in [0, 0.05) is 20.7 Å². The summed E-state index contributed by atoms with van der Waals surface area (Å²) in [6, 6.07) is 12.8. The predicted octanol–water partition coefficient (Wildman–Crippen LogP) is 4.82. The number of halogens is 1. The number of aromatic nitrogens is 2. The first kappa shape index (κ1) is 11.6. The second-order valence-corrected chi connectivity index (χ2v) is 6.55. The number of aryl methyl sites for hydroxylation is 1. The van der Waals surface area contributed by atoms with E-state index in [1.54, 1.807) is 0 Å². The van der Waals surface area contributed by atoms with E-state index in [1.165, 1.54) is 21.0 Å². The van der Waals surface area contributed by atoms with Crippen molar-refractivity contribution in [3.8, 4) is 5.69 Å². The van der Waals surface area contributed by atoms with Gasteiger partial charge in [-0.15, -0.1) is 0 Å². The molecule has 3 aromatic rings. The number of hydrogen-bond donors (Lipinski definition) is 0. The van der Waals surface area contributed by atoms with Gasteiger partial charge in [-0.2, -0.15) is 0 Å². The Balaban J connectivity index is 2.16. The van der Waals surface area contributed by atoms with E-state index in [0.29, 0.717) is 0 Å². The molecule has 0 bridgehead atoms. The number of para-hydroxylation sites is 1. The van der Waals surface area contributed by atoms with Gasteiger partial charge in [-0.05, 0) is 30.3 Å². The number of rotatable bonds is 1. The minimum Gasteiger partial charge on any atom is -0.294 e. The van der Waals surface area contributed by atoms with E-state index in [2.05, 4.69) is 63.8 Å². The quantitative estimate of drug-likeness (QED) is 0.498. The fraction of sp³-hybridized carbons (Fsp3) is 0.133. The normalized spacial score (nSPS) is 12.7. The number of hydrogen-bond acceptors (Lipinski definition) is 2. The molecule has 2 heterocycles. The molecule has 94 valence electrons. The molecule has 19 heavy (non-hydrogen) atoms. The maximum atomic E-state index is 4.76. The highest BCUT2D eigenvalue weighted by atomic mass is 79.9. The van der Waals surface area contributed by atoms with Crippen molar-refractivity contribution in [1.29, 1.82) is 0 Å². The van der Waals surface area contributed by atoms with Crippen molar-refractivity contribution >= 4 is 38.7 Å². The van der Waals surface area contributed by atoms with E-state index in [-0.39, 0.29) is 0 Å². The highest BCUT2D eigenvalue weighted by Crippen LogP contribution is 2.44. The molecule has 0 spiro atoms. The second kappa shape index (κ2) is 4.12. The van der Waals surface area contributed by atoms with Gasteiger partial charge in [-0.3, -0.25) is 4.57 Å². The van der Waals surface area contributed by atoms with Crippen molar-refractivity contribution in [3.63, 3.8) is 0 Å². The number of fused-ring (bicyclic) bond motifs is 2. The number of nitrogens with zero attached hydrogens (tertiary/aromatic N) is 2. The predicted molar refractivity (Wildman–Crippen MR) is 82.3 cm³/mol. The molecule has 2 nitrogen and oxygen atoms in total. The third-order valence-electron chi connectivity index (χ3n) is 3.41. The van der Waals surface area contributed by atoms with Gasteiger partial charge in [-0.25, -0.2) is 4.98 Å². The standard InChI is InChI=1S/C15H11BrN2S/c1-2-14-17-10-4-3-5-12-15(10)18(14)11-7-6-9(16)8-13(11)19-12/h3-8H,2H2,1H3. The maximum Gasteiger partial charge on any atom is 0.114 e. The fourth-order valence-corrected chi connectivity index (χ4v) is 4.23. The van der Waals surface area contributed by atoms with Crippen molar-refractivity contribution in [2.75, 3.05) is 0 Å². The molecule has 0 N–H and O–H groups in total. The molecule has 0 unspecified atom stereocenters. The van der Waals surface area contributed by atoms with E-state index in [1.807, 2.05) is 11.8 Å². The second-order valence-electron chi connectivity index (χ2n) is 4.55. The zero-order valence-electron chi connectivity index (χ0n) is 10.4. The minimum atomic E-state index is 0.939. The van der Waals surface area contributed by atoms with Crippen LogP contribution in [0.3, 0.4) is 0 Å². The zero-order chi connectivity index (χ0) is 13.0. The Bertz CT molecular complexity index is 807. The third-order valence-corrected chi connectivity index (χ3v) is 5.00. The molecule has 1 aliphatic heterocycles. The van der Waals surface area contributed by atoms with Gasteiger partial charge < -0.3 is 0 Å². The minimum absolute atomic E-state index is 0.939. The Morgan fingerprint density at radius 2 is 2.11 bits per heavy atom. The zero-order valence-corrected chi connectivity index (χ0v) is 12.8. The van der Waals surface area contributed by atoms with Crippen LogP contribution in [0, 0.1) is 0 Å². The largest absolute Gasteiger partial charge is 0.294 e. The maximum absolute atomic E-state index is 4.76. The molecule has 0 fully saturated rings. The number of benzene rings is 2. The van der Waals surface area contributed by atoms with Crippen LogP contribution in [0.15, 0.2) is 50.7 Å². The summed E-state index contributed by atoms with van der Waals surface area (Å²) in [4.78, 5) is 7.33. The third kappa shape index (κ3) is 1.60. The van der Waals surface area contributed by atoms with Crippen molar-refractivity contribution in [3.05, 3.63) is 46.7 Å². The Morgan fingerprint density at radius 1 is 1.21 bits per heavy atom. The van der Waals surface area contributed by atoms with Crippen LogP contribution in [-0.4, -0.2) is 9.55 Å². The van der Waals surface area contributed by atoms with Crippen LogP contribution >= 0.6 is 27.7 Å². The first-order valence-corrected chi connectivity index (χ1v) is 7.87. The molecule has 1 aliphatic rings. The van der Waals surface area contributed by atoms with Gasteiger partial charge in [0.05, 0.1) is 16.7 Å². The van der Waals surface area contributed by atoms with Gasteiger partial charge in [0.2, 0.25) is 0 Å². The van der Waals surface area contributed by atoms with Crippen LogP contribution in [-0.2, 0) is 6.42 Å². The highest BCUT2D eigenvalue weighted by Gasteiger charge is 2.22. The first-order chi connectivity index (χ1) is 9.28. The summed E-state index contributed by atoms with van der Waals surface area (Å²) in [5, 5.41) is 0. The SMILES string of the molecule is CCc1nc2cccc3c2n1-c1ccc(Br)cc1S3. The van der Waals surface area contributed by atoms with Gasteiger partial charge in [0.25, 0.3) is 0 Å². The summed E-state index contributed by atoms with van der Waals surface area (Å²) >= 11 is 5.38. The fourth-order valence-electron chi connectivity index (χ4n) is 2.60. The van der Waals surface area contributed by atoms with Crippen LogP contribution in [0.2, 0.25) is 0 Å². The summed E-state index contributed by atoms with van der Waals surface area (Å²) in [6.45, 7) is 2.16. The Labute approximate surface area is 124 Å². The summed E-state index contributed by atoms with van der Waals surface area (Å²) in [5.41, 5.74) is 3.58. The van der Waals surface area contributed by atoms with E-state index in [0.717, 1.165) is 22.2 Å². The lowest BCUT2D eigenvalue weighted by atomic mass is 10.2. The molecule has 0 amide bonds. The molecule has 4 rings (SSSR count). The Morgan fingerprint density at radius 3 is 2.95 bits per heavy atom. The van der Waals surface area contributed by atoms with Crippen molar-refractivity contribution in [2.24, 2.45) is 0 Å². The smallest absolute Gasteiger partial charge is 0.114 e. The van der Waals surface area contributed by atoms with Gasteiger partial charge in [-0.1, -0.05) is 40.7 Å². The molecular formula is C15H11BrN2S. The number of imidazole rings is 1. The summed E-state index contributed by atoms with van der Waals surface area (Å²) in [5.74, 6) is 1.13. The van der Waals surface area contributed by atoms with Crippen LogP contribution in [0.4, 0.5) is 0 Å². The van der Waals surface area contributed by atoms with Crippen molar-refractivity contribution < 1.29 is 0 Å². The van der Waals surface area contributed by atoms with E-state index in [4.69, 9.17) is 4.98 Å².